The predicted molar refractivity (Wildman–Crippen MR) is 75.3 cm³/mol. The minimum Gasteiger partial charge on any atom is -0.461 e. The van der Waals surface area contributed by atoms with E-state index in [-0.39, 0.29) is 5.97 Å². The summed E-state index contributed by atoms with van der Waals surface area (Å²) < 4.78 is 5.00. The Bertz CT molecular complexity index is 373. The second-order valence-corrected chi connectivity index (χ2v) is 6.03. The summed E-state index contributed by atoms with van der Waals surface area (Å²) in [5, 5.41) is 0. The molecule has 102 valence electrons. The molecular formula is C16H26O2. The molecule has 0 saturated carbocycles. The predicted octanol–water partition coefficient (Wildman–Crippen LogP) is 4.41. The van der Waals surface area contributed by atoms with Crippen molar-refractivity contribution in [2.45, 2.75) is 60.3 Å². The van der Waals surface area contributed by atoms with Gasteiger partial charge in [0.15, 0.2) is 0 Å². The van der Waals surface area contributed by atoms with Gasteiger partial charge in [0.2, 0.25) is 0 Å². The van der Waals surface area contributed by atoms with Crippen molar-refractivity contribution in [1.29, 1.82) is 0 Å². The smallest absolute Gasteiger partial charge is 0.302 e. The molecule has 0 heterocycles. The van der Waals surface area contributed by atoms with Crippen LogP contribution in [0.1, 0.15) is 60.3 Å². The van der Waals surface area contributed by atoms with Crippen LogP contribution >= 0.6 is 0 Å². The van der Waals surface area contributed by atoms with Crippen molar-refractivity contribution in [2.75, 3.05) is 6.61 Å². The first-order valence-electron chi connectivity index (χ1n) is 6.81. The Morgan fingerprint density at radius 2 is 2.06 bits per heavy atom. The fourth-order valence-corrected chi connectivity index (χ4v) is 2.68. The van der Waals surface area contributed by atoms with Crippen LogP contribution in [0.3, 0.4) is 0 Å². The van der Waals surface area contributed by atoms with Crippen LogP contribution < -0.4 is 0 Å². The lowest BCUT2D eigenvalue weighted by Gasteiger charge is -2.34. The molecule has 0 fully saturated rings. The number of carbonyl (C=O) groups is 1. The quantitative estimate of drug-likeness (QED) is 0.545. The van der Waals surface area contributed by atoms with Gasteiger partial charge in [-0.3, -0.25) is 4.79 Å². The van der Waals surface area contributed by atoms with Crippen molar-refractivity contribution in [3.63, 3.8) is 0 Å². The van der Waals surface area contributed by atoms with Gasteiger partial charge in [-0.2, -0.15) is 0 Å². The molecule has 18 heavy (non-hydrogen) atoms. The van der Waals surface area contributed by atoms with E-state index in [4.69, 9.17) is 4.74 Å². The van der Waals surface area contributed by atoms with E-state index in [0.717, 1.165) is 12.0 Å². The number of hydrogen-bond donors (Lipinski definition) is 0. The van der Waals surface area contributed by atoms with Gasteiger partial charge in [-0.05, 0) is 50.5 Å². The number of rotatable bonds is 4. The zero-order chi connectivity index (χ0) is 13.8. The summed E-state index contributed by atoms with van der Waals surface area (Å²) in [5.41, 5.74) is 4.56. The normalized spacial score (nSPS) is 19.9. The molecule has 0 bridgehead atoms. The lowest BCUT2D eigenvalue weighted by molar-refractivity contribution is -0.139. The van der Waals surface area contributed by atoms with Crippen molar-refractivity contribution in [1.82, 2.24) is 0 Å². The second-order valence-electron chi connectivity index (χ2n) is 6.03. The van der Waals surface area contributed by atoms with Crippen LogP contribution in [0.2, 0.25) is 0 Å². The van der Waals surface area contributed by atoms with E-state index in [0.29, 0.717) is 12.0 Å². The Kier molecular flexibility index (Phi) is 5.18. The largest absolute Gasteiger partial charge is 0.461 e. The average molecular weight is 250 g/mol. The van der Waals surface area contributed by atoms with Gasteiger partial charge in [0.1, 0.15) is 6.61 Å². The van der Waals surface area contributed by atoms with Crippen molar-refractivity contribution >= 4 is 5.97 Å². The Balaban J connectivity index is 2.65. The maximum absolute atomic E-state index is 10.8. The van der Waals surface area contributed by atoms with E-state index >= 15 is 0 Å². The average Bonchev–Trinajstić information content (AvgIpc) is 2.24. The molecule has 0 amide bonds. The molecule has 1 aliphatic rings. The SMILES string of the molecule is CC(=O)OC/C(C)=C\CC1=C(C)CCCC1(C)C. The van der Waals surface area contributed by atoms with Crippen LogP contribution in [0, 0.1) is 5.41 Å². The summed E-state index contributed by atoms with van der Waals surface area (Å²) in [5.74, 6) is -0.212. The highest BCUT2D eigenvalue weighted by atomic mass is 16.5. The third kappa shape index (κ3) is 4.32. The number of ether oxygens (including phenoxy) is 1. The molecule has 0 aromatic rings. The molecule has 0 aromatic heterocycles. The molecule has 0 saturated heterocycles. The second kappa shape index (κ2) is 6.21. The maximum Gasteiger partial charge on any atom is 0.302 e. The maximum atomic E-state index is 10.8. The van der Waals surface area contributed by atoms with Gasteiger partial charge in [-0.25, -0.2) is 0 Å². The summed E-state index contributed by atoms with van der Waals surface area (Å²) in [6.45, 7) is 10.8. The molecule has 2 heteroatoms. The molecule has 0 radical (unpaired) electrons. The van der Waals surface area contributed by atoms with Crippen LogP contribution in [0.5, 0.6) is 0 Å². The van der Waals surface area contributed by atoms with Crippen molar-refractivity contribution in [3.8, 4) is 0 Å². The summed E-state index contributed by atoms with van der Waals surface area (Å²) in [6.07, 6.45) is 7.01. The molecule has 0 unspecified atom stereocenters. The van der Waals surface area contributed by atoms with E-state index in [1.54, 1.807) is 11.1 Å². The summed E-state index contributed by atoms with van der Waals surface area (Å²) in [7, 11) is 0. The van der Waals surface area contributed by atoms with Crippen LogP contribution in [-0.2, 0) is 9.53 Å². The van der Waals surface area contributed by atoms with Crippen LogP contribution in [0.15, 0.2) is 22.8 Å². The Morgan fingerprint density at radius 1 is 1.39 bits per heavy atom. The molecule has 0 N–H and O–H groups in total. The lowest BCUT2D eigenvalue weighted by Crippen LogP contribution is -2.20. The van der Waals surface area contributed by atoms with Crippen LogP contribution in [0.4, 0.5) is 0 Å². The molecule has 0 atom stereocenters. The molecular weight excluding hydrogens is 224 g/mol. The molecule has 0 aromatic carbocycles. The van der Waals surface area contributed by atoms with Gasteiger partial charge < -0.3 is 4.74 Å². The Hall–Kier alpha value is -1.05. The van der Waals surface area contributed by atoms with E-state index < -0.39 is 0 Å². The van der Waals surface area contributed by atoms with Crippen molar-refractivity contribution < 1.29 is 9.53 Å². The van der Waals surface area contributed by atoms with E-state index in [1.165, 1.54) is 26.2 Å². The first kappa shape index (κ1) is 15.0. The highest BCUT2D eigenvalue weighted by Crippen LogP contribution is 2.41. The van der Waals surface area contributed by atoms with E-state index in [2.05, 4.69) is 26.8 Å². The minimum absolute atomic E-state index is 0.212. The number of allylic oxidation sites excluding steroid dienone is 3. The fourth-order valence-electron chi connectivity index (χ4n) is 2.68. The Morgan fingerprint density at radius 3 is 2.61 bits per heavy atom. The fraction of sp³-hybridized carbons (Fsp3) is 0.688. The molecule has 0 spiro atoms. The highest BCUT2D eigenvalue weighted by molar-refractivity contribution is 5.66. The zero-order valence-electron chi connectivity index (χ0n) is 12.4. The first-order valence-corrected chi connectivity index (χ1v) is 6.81. The van der Waals surface area contributed by atoms with Crippen molar-refractivity contribution in [3.05, 3.63) is 22.8 Å². The van der Waals surface area contributed by atoms with Gasteiger partial charge in [-0.15, -0.1) is 0 Å². The van der Waals surface area contributed by atoms with Crippen LogP contribution in [0.25, 0.3) is 0 Å². The van der Waals surface area contributed by atoms with Gasteiger partial charge in [0, 0.05) is 6.92 Å². The third-order valence-electron chi connectivity index (χ3n) is 3.84. The Labute approximate surface area is 111 Å². The monoisotopic (exact) mass is 250 g/mol. The molecule has 1 aliphatic carbocycles. The minimum atomic E-state index is -0.212. The summed E-state index contributed by atoms with van der Waals surface area (Å²) in [6, 6.07) is 0. The molecule has 0 aliphatic heterocycles. The zero-order valence-corrected chi connectivity index (χ0v) is 12.4. The number of esters is 1. The summed E-state index contributed by atoms with van der Waals surface area (Å²) >= 11 is 0. The van der Waals surface area contributed by atoms with Gasteiger partial charge in [0.05, 0.1) is 0 Å². The molecule has 2 nitrogen and oxygen atoms in total. The number of carbonyl (C=O) groups excluding carboxylic acids is 1. The van der Waals surface area contributed by atoms with Crippen LogP contribution in [-0.4, -0.2) is 12.6 Å². The molecule has 1 rings (SSSR count). The van der Waals surface area contributed by atoms with E-state index in [9.17, 15) is 4.79 Å². The topological polar surface area (TPSA) is 26.3 Å². The lowest BCUT2D eigenvalue weighted by atomic mass is 9.71. The van der Waals surface area contributed by atoms with Gasteiger partial charge >= 0.3 is 5.97 Å². The van der Waals surface area contributed by atoms with Gasteiger partial charge in [-0.1, -0.05) is 31.1 Å². The van der Waals surface area contributed by atoms with Crippen molar-refractivity contribution in [2.24, 2.45) is 5.41 Å². The van der Waals surface area contributed by atoms with Gasteiger partial charge in [0.25, 0.3) is 0 Å². The van der Waals surface area contributed by atoms with E-state index in [1.807, 2.05) is 6.92 Å². The number of hydrogen-bond acceptors (Lipinski definition) is 2. The summed E-state index contributed by atoms with van der Waals surface area (Å²) in [4.78, 5) is 10.8. The highest BCUT2D eigenvalue weighted by Gasteiger charge is 2.27. The third-order valence-corrected chi connectivity index (χ3v) is 3.84. The first-order chi connectivity index (χ1) is 8.33. The standard InChI is InChI=1S/C16H26O2/c1-12(11-18-14(3)17)8-9-15-13(2)7-6-10-16(15,4)5/h8H,6-7,9-11H2,1-5H3/b12-8-.